The molecule has 5 aromatic rings. The van der Waals surface area contributed by atoms with Gasteiger partial charge in [-0.05, 0) is 61.4 Å². The normalized spacial score (nSPS) is 15.7. The van der Waals surface area contributed by atoms with Gasteiger partial charge in [0.2, 0.25) is 0 Å². The fourth-order valence-corrected chi connectivity index (χ4v) is 5.99. The lowest BCUT2D eigenvalue weighted by atomic mass is 9.95. The summed E-state index contributed by atoms with van der Waals surface area (Å²) < 4.78 is 5.14. The summed E-state index contributed by atoms with van der Waals surface area (Å²) in [5.74, 6) is 1.49. The molecule has 41 heavy (non-hydrogen) atoms. The fraction of sp³-hybridized carbons (Fsp3) is 0.324. The molecule has 0 amide bonds. The average molecular weight is 548 g/mol. The number of nitrogens with zero attached hydrogens (tertiary/aromatic N) is 4. The van der Waals surface area contributed by atoms with Crippen molar-refractivity contribution in [2.45, 2.75) is 51.7 Å². The average Bonchev–Trinajstić information content (AvgIpc) is 3.16. The number of hydrogen-bond acceptors (Lipinski definition) is 4. The number of rotatable bonds is 9. The minimum Gasteiger partial charge on any atom is -0.318 e. The van der Waals surface area contributed by atoms with E-state index in [1.54, 1.807) is 4.57 Å². The second-order valence-corrected chi connectivity index (χ2v) is 11.1. The molecule has 6 rings (SSSR count). The number of nitrogens with one attached hydrogen (secondary N) is 1. The van der Waals surface area contributed by atoms with E-state index >= 15 is 0 Å². The van der Waals surface area contributed by atoms with Crippen LogP contribution in [0.4, 0.5) is 0 Å². The Hall–Kier alpha value is -4.23. The van der Waals surface area contributed by atoms with Crippen LogP contribution in [0.25, 0.3) is 11.2 Å². The Morgan fingerprint density at radius 1 is 0.683 bits per heavy atom. The molecule has 0 radical (unpaired) electrons. The quantitative estimate of drug-likeness (QED) is 0.287. The number of imidazole rings is 1. The van der Waals surface area contributed by atoms with Gasteiger partial charge < -0.3 is 9.88 Å². The first kappa shape index (κ1) is 27.0. The van der Waals surface area contributed by atoms with Gasteiger partial charge in [0.25, 0.3) is 5.56 Å². The second kappa shape index (κ2) is 12.5. The molecule has 3 aromatic carbocycles. The highest BCUT2D eigenvalue weighted by molar-refractivity contribution is 5.71. The van der Waals surface area contributed by atoms with E-state index in [-0.39, 0.29) is 17.8 Å². The van der Waals surface area contributed by atoms with Crippen LogP contribution >= 0.6 is 0 Å². The van der Waals surface area contributed by atoms with Crippen molar-refractivity contribution in [3.05, 3.63) is 134 Å². The number of hydrogen-bond donors (Lipinski definition) is 1. The Morgan fingerprint density at radius 3 is 1.85 bits per heavy atom. The molecule has 3 heterocycles. The Kier molecular flexibility index (Phi) is 8.23. The van der Waals surface area contributed by atoms with Crippen LogP contribution in [0.15, 0.2) is 101 Å². The van der Waals surface area contributed by atoms with Crippen LogP contribution in [0.2, 0.25) is 0 Å². The Bertz CT molecular complexity index is 1700. The second-order valence-electron chi connectivity index (χ2n) is 11.1. The lowest BCUT2D eigenvalue weighted by molar-refractivity contribution is 0.432. The third-order valence-electron chi connectivity index (χ3n) is 8.22. The number of benzene rings is 3. The summed E-state index contributed by atoms with van der Waals surface area (Å²) >= 11 is 0. The summed E-state index contributed by atoms with van der Waals surface area (Å²) in [6, 6.07) is 29.8. The molecule has 1 aliphatic heterocycles. The van der Waals surface area contributed by atoms with E-state index in [0.717, 1.165) is 54.9 Å². The molecular formula is C34H37N5O2. The maximum Gasteiger partial charge on any atom is 0.333 e. The van der Waals surface area contributed by atoms with Gasteiger partial charge >= 0.3 is 5.69 Å². The molecule has 1 fully saturated rings. The smallest absolute Gasteiger partial charge is 0.318 e. The van der Waals surface area contributed by atoms with Crippen molar-refractivity contribution in [3.8, 4) is 0 Å². The van der Waals surface area contributed by atoms with Crippen LogP contribution in [-0.4, -0.2) is 31.8 Å². The molecule has 1 atom stereocenters. The zero-order valence-electron chi connectivity index (χ0n) is 23.4. The van der Waals surface area contributed by atoms with Gasteiger partial charge in [-0.1, -0.05) is 91.0 Å². The number of fused-ring (bicyclic) bond motifs is 1. The highest BCUT2D eigenvalue weighted by Gasteiger charge is 2.23. The van der Waals surface area contributed by atoms with Gasteiger partial charge in [-0.2, -0.15) is 0 Å². The Balaban J connectivity index is 1.51. The highest BCUT2D eigenvalue weighted by atomic mass is 16.2. The molecule has 2 aromatic heterocycles. The SMILES string of the molecule is O=c1c2c(nc(CCC3CCCNCC3)n2Cc2ccccc2)n(Cc2ccccc2)c(=O)n1Cc1ccccc1. The number of aryl methyl sites for hydroxylation is 1. The van der Waals surface area contributed by atoms with Crippen molar-refractivity contribution in [2.24, 2.45) is 5.92 Å². The van der Waals surface area contributed by atoms with Crippen molar-refractivity contribution in [1.82, 2.24) is 24.0 Å². The summed E-state index contributed by atoms with van der Waals surface area (Å²) in [6.07, 6.45) is 5.33. The van der Waals surface area contributed by atoms with E-state index in [1.165, 1.54) is 17.4 Å². The van der Waals surface area contributed by atoms with Crippen LogP contribution in [0.3, 0.4) is 0 Å². The van der Waals surface area contributed by atoms with Crippen molar-refractivity contribution in [2.75, 3.05) is 13.1 Å². The topological polar surface area (TPSA) is 73.8 Å². The maximum absolute atomic E-state index is 14.2. The molecule has 210 valence electrons. The van der Waals surface area contributed by atoms with E-state index in [4.69, 9.17) is 4.98 Å². The van der Waals surface area contributed by atoms with Crippen molar-refractivity contribution in [3.63, 3.8) is 0 Å². The third-order valence-corrected chi connectivity index (χ3v) is 8.22. The van der Waals surface area contributed by atoms with Gasteiger partial charge in [0, 0.05) is 13.0 Å². The molecule has 1 aliphatic rings. The first-order chi connectivity index (χ1) is 20.2. The Morgan fingerprint density at radius 2 is 1.24 bits per heavy atom. The lowest BCUT2D eigenvalue weighted by Crippen LogP contribution is -2.41. The van der Waals surface area contributed by atoms with Crippen molar-refractivity contribution >= 4 is 11.2 Å². The summed E-state index contributed by atoms with van der Waals surface area (Å²) in [6.45, 7) is 3.22. The zero-order valence-corrected chi connectivity index (χ0v) is 23.4. The summed E-state index contributed by atoms with van der Waals surface area (Å²) in [7, 11) is 0. The van der Waals surface area contributed by atoms with Crippen LogP contribution < -0.4 is 16.6 Å². The van der Waals surface area contributed by atoms with E-state index in [0.29, 0.717) is 30.2 Å². The molecule has 0 aliphatic carbocycles. The summed E-state index contributed by atoms with van der Waals surface area (Å²) in [5.41, 5.74) is 3.35. The molecule has 7 heteroatoms. The van der Waals surface area contributed by atoms with Gasteiger partial charge in [0.1, 0.15) is 5.82 Å². The monoisotopic (exact) mass is 547 g/mol. The molecule has 0 spiro atoms. The summed E-state index contributed by atoms with van der Waals surface area (Å²) in [5, 5.41) is 3.51. The van der Waals surface area contributed by atoms with Crippen LogP contribution in [0, 0.1) is 5.92 Å². The van der Waals surface area contributed by atoms with Gasteiger partial charge in [-0.15, -0.1) is 0 Å². The third kappa shape index (κ3) is 6.10. The maximum atomic E-state index is 14.2. The van der Waals surface area contributed by atoms with Crippen LogP contribution in [0.1, 0.15) is 48.2 Å². The van der Waals surface area contributed by atoms with Crippen molar-refractivity contribution in [1.29, 1.82) is 0 Å². The first-order valence-corrected chi connectivity index (χ1v) is 14.7. The molecule has 1 saturated heterocycles. The van der Waals surface area contributed by atoms with Gasteiger partial charge in [-0.3, -0.25) is 13.9 Å². The molecule has 0 saturated carbocycles. The molecular weight excluding hydrogens is 510 g/mol. The van der Waals surface area contributed by atoms with E-state index in [9.17, 15) is 9.59 Å². The minimum atomic E-state index is -0.332. The Labute approximate surface area is 240 Å². The van der Waals surface area contributed by atoms with Crippen molar-refractivity contribution < 1.29 is 0 Å². The largest absolute Gasteiger partial charge is 0.333 e. The standard InChI is InChI=1S/C34H37N5O2/c40-33-31-32(38(24-28-13-6-2-7-14-28)34(41)39(33)25-29-15-8-3-9-16-29)36-30(19-18-26-17-10-21-35-22-20-26)37(31)23-27-11-4-1-5-12-27/h1-9,11-16,26,35H,10,17-25H2. The van der Waals surface area contributed by atoms with E-state index in [1.807, 2.05) is 78.9 Å². The lowest BCUT2D eigenvalue weighted by Gasteiger charge is -2.15. The number of aromatic nitrogens is 4. The van der Waals surface area contributed by atoms with Gasteiger partial charge in [0.15, 0.2) is 11.2 Å². The summed E-state index contributed by atoms with van der Waals surface area (Å²) in [4.78, 5) is 33.3. The van der Waals surface area contributed by atoms with Crippen LogP contribution in [-0.2, 0) is 26.1 Å². The fourth-order valence-electron chi connectivity index (χ4n) is 5.99. The predicted molar refractivity (Wildman–Crippen MR) is 163 cm³/mol. The van der Waals surface area contributed by atoms with Gasteiger partial charge in [-0.25, -0.2) is 9.78 Å². The molecule has 1 N–H and O–H groups in total. The van der Waals surface area contributed by atoms with Gasteiger partial charge in [0.05, 0.1) is 13.1 Å². The van der Waals surface area contributed by atoms with E-state index < -0.39 is 0 Å². The zero-order chi connectivity index (χ0) is 28.0. The molecule has 7 nitrogen and oxygen atoms in total. The predicted octanol–water partition coefficient (Wildman–Crippen LogP) is 4.83. The molecule has 1 unspecified atom stereocenters. The van der Waals surface area contributed by atoms with Crippen LogP contribution in [0.5, 0.6) is 0 Å². The van der Waals surface area contributed by atoms with E-state index in [2.05, 4.69) is 22.0 Å². The highest BCUT2D eigenvalue weighted by Crippen LogP contribution is 2.23. The minimum absolute atomic E-state index is 0.212. The molecule has 0 bridgehead atoms. The first-order valence-electron chi connectivity index (χ1n) is 14.7.